The molecule has 1 unspecified atom stereocenters. The van der Waals surface area contributed by atoms with Gasteiger partial charge in [-0.15, -0.1) is 0 Å². The molecule has 1 fully saturated rings. The van der Waals surface area contributed by atoms with Crippen LogP contribution in [-0.2, 0) is 9.59 Å². The zero-order valence-corrected chi connectivity index (χ0v) is 12.5. The van der Waals surface area contributed by atoms with Gasteiger partial charge < -0.3 is 16.0 Å². The molecule has 1 atom stereocenters. The fourth-order valence-electron chi connectivity index (χ4n) is 2.22. The third-order valence-electron chi connectivity index (χ3n) is 3.97. The van der Waals surface area contributed by atoms with E-state index in [1.54, 1.807) is 7.05 Å². The van der Waals surface area contributed by atoms with Crippen molar-refractivity contribution in [3.05, 3.63) is 0 Å². The number of hydrogen-bond donors (Lipinski definition) is 2. The Morgan fingerprint density at radius 3 is 2.26 bits per heavy atom. The minimum atomic E-state index is -0.128. The summed E-state index contributed by atoms with van der Waals surface area (Å²) in [6.07, 6.45) is 1.88. The number of amides is 2. The number of carbonyl (C=O) groups is 2. The highest BCUT2D eigenvalue weighted by Gasteiger charge is 2.29. The lowest BCUT2D eigenvalue weighted by Gasteiger charge is -2.33. The van der Waals surface area contributed by atoms with E-state index >= 15 is 0 Å². The molecular formula is C14H27N3O2. The second-order valence-electron chi connectivity index (χ2n) is 6.45. The van der Waals surface area contributed by atoms with Gasteiger partial charge in [-0.05, 0) is 18.3 Å². The van der Waals surface area contributed by atoms with Crippen LogP contribution >= 0.6 is 0 Å². The van der Waals surface area contributed by atoms with Crippen molar-refractivity contribution in [2.75, 3.05) is 20.1 Å². The molecule has 3 N–H and O–H groups in total. The molecule has 110 valence electrons. The summed E-state index contributed by atoms with van der Waals surface area (Å²) in [5.74, 6) is 0.238. The molecule has 0 aromatic rings. The first-order chi connectivity index (χ1) is 8.75. The Labute approximate surface area is 115 Å². The van der Waals surface area contributed by atoms with E-state index < -0.39 is 0 Å². The van der Waals surface area contributed by atoms with Crippen LogP contribution in [0.15, 0.2) is 0 Å². The second-order valence-corrected chi connectivity index (χ2v) is 6.45. The third kappa shape index (κ3) is 4.49. The normalized spacial score (nSPS) is 19.1. The van der Waals surface area contributed by atoms with Crippen LogP contribution in [0, 0.1) is 11.3 Å². The van der Waals surface area contributed by atoms with E-state index in [2.05, 4.69) is 5.32 Å². The summed E-state index contributed by atoms with van der Waals surface area (Å²) >= 11 is 0. The van der Waals surface area contributed by atoms with Gasteiger partial charge in [-0.25, -0.2) is 0 Å². The number of nitrogens with one attached hydrogen (secondary N) is 1. The van der Waals surface area contributed by atoms with Crippen molar-refractivity contribution in [1.82, 2.24) is 10.2 Å². The van der Waals surface area contributed by atoms with Gasteiger partial charge in [0.15, 0.2) is 0 Å². The predicted molar refractivity (Wildman–Crippen MR) is 75.4 cm³/mol. The van der Waals surface area contributed by atoms with Crippen molar-refractivity contribution < 1.29 is 9.59 Å². The number of nitrogens with zero attached hydrogens (tertiary/aromatic N) is 1. The van der Waals surface area contributed by atoms with Gasteiger partial charge in [0, 0.05) is 38.5 Å². The fraction of sp³-hybridized carbons (Fsp3) is 0.857. The van der Waals surface area contributed by atoms with Gasteiger partial charge in [0.1, 0.15) is 0 Å². The summed E-state index contributed by atoms with van der Waals surface area (Å²) < 4.78 is 0. The molecule has 0 saturated carbocycles. The van der Waals surface area contributed by atoms with Crippen molar-refractivity contribution in [3.8, 4) is 0 Å². The molecule has 5 nitrogen and oxygen atoms in total. The van der Waals surface area contributed by atoms with E-state index in [1.165, 1.54) is 0 Å². The van der Waals surface area contributed by atoms with Crippen molar-refractivity contribution in [2.24, 2.45) is 17.1 Å². The van der Waals surface area contributed by atoms with Crippen LogP contribution in [0.5, 0.6) is 0 Å². The molecule has 5 heteroatoms. The van der Waals surface area contributed by atoms with Crippen molar-refractivity contribution in [2.45, 2.75) is 46.1 Å². The summed E-state index contributed by atoms with van der Waals surface area (Å²) in [5, 5.41) is 2.67. The quantitative estimate of drug-likeness (QED) is 0.793. The molecule has 1 aliphatic rings. The SMILES string of the molecule is CNC(=O)C1CCN(C(=O)CC(N)C(C)(C)C)CC1. The van der Waals surface area contributed by atoms with E-state index in [-0.39, 0.29) is 29.2 Å². The highest BCUT2D eigenvalue weighted by Crippen LogP contribution is 2.22. The number of piperidine rings is 1. The van der Waals surface area contributed by atoms with Gasteiger partial charge >= 0.3 is 0 Å². The first kappa shape index (κ1) is 16.0. The van der Waals surface area contributed by atoms with Crippen LogP contribution in [0.4, 0.5) is 0 Å². The Morgan fingerprint density at radius 2 is 1.84 bits per heavy atom. The molecule has 1 saturated heterocycles. The molecule has 2 amide bonds. The molecule has 0 aromatic heterocycles. The molecular weight excluding hydrogens is 242 g/mol. The standard InChI is InChI=1S/C14H27N3O2/c1-14(2,3)11(15)9-12(18)17-7-5-10(6-8-17)13(19)16-4/h10-11H,5-9,15H2,1-4H3,(H,16,19). The zero-order valence-electron chi connectivity index (χ0n) is 12.5. The maximum Gasteiger partial charge on any atom is 0.224 e. The van der Waals surface area contributed by atoms with Crippen LogP contribution < -0.4 is 11.1 Å². The van der Waals surface area contributed by atoms with Gasteiger partial charge in [-0.3, -0.25) is 9.59 Å². The maximum absolute atomic E-state index is 12.1. The van der Waals surface area contributed by atoms with Gasteiger partial charge in [-0.2, -0.15) is 0 Å². The minimum absolute atomic E-state index is 0.0466. The summed E-state index contributed by atoms with van der Waals surface area (Å²) in [7, 11) is 1.65. The lowest BCUT2D eigenvalue weighted by molar-refractivity contribution is -0.136. The monoisotopic (exact) mass is 269 g/mol. The zero-order chi connectivity index (χ0) is 14.6. The highest BCUT2D eigenvalue weighted by molar-refractivity contribution is 5.80. The summed E-state index contributed by atoms with van der Waals surface area (Å²) in [5.41, 5.74) is 5.98. The number of nitrogens with two attached hydrogens (primary N) is 1. The Balaban J connectivity index is 2.43. The molecule has 19 heavy (non-hydrogen) atoms. The van der Waals surface area contributed by atoms with Crippen molar-refractivity contribution in [1.29, 1.82) is 0 Å². The lowest BCUT2D eigenvalue weighted by Crippen LogP contribution is -2.46. The predicted octanol–water partition coefficient (Wildman–Crippen LogP) is 0.735. The van der Waals surface area contributed by atoms with E-state index in [9.17, 15) is 9.59 Å². The first-order valence-corrected chi connectivity index (χ1v) is 7.00. The largest absolute Gasteiger partial charge is 0.359 e. The van der Waals surface area contributed by atoms with E-state index in [0.29, 0.717) is 19.5 Å². The van der Waals surface area contributed by atoms with Gasteiger partial charge in [-0.1, -0.05) is 20.8 Å². The average molecular weight is 269 g/mol. The summed E-state index contributed by atoms with van der Waals surface area (Å²) in [4.78, 5) is 25.5. The minimum Gasteiger partial charge on any atom is -0.359 e. The molecule has 0 spiro atoms. The van der Waals surface area contributed by atoms with Crippen LogP contribution in [0.1, 0.15) is 40.0 Å². The van der Waals surface area contributed by atoms with Gasteiger partial charge in [0.05, 0.1) is 0 Å². The molecule has 0 radical (unpaired) electrons. The average Bonchev–Trinajstić information content (AvgIpc) is 2.36. The van der Waals surface area contributed by atoms with E-state index in [0.717, 1.165) is 12.8 Å². The second kappa shape index (κ2) is 6.37. The Hall–Kier alpha value is -1.10. The van der Waals surface area contributed by atoms with Gasteiger partial charge in [0.2, 0.25) is 11.8 Å². The molecule has 1 rings (SSSR count). The summed E-state index contributed by atoms with van der Waals surface area (Å²) in [6, 6.07) is -0.128. The van der Waals surface area contributed by atoms with E-state index in [4.69, 9.17) is 5.73 Å². The summed E-state index contributed by atoms with van der Waals surface area (Å²) in [6.45, 7) is 7.45. The maximum atomic E-state index is 12.1. The number of rotatable bonds is 3. The van der Waals surface area contributed by atoms with E-state index in [1.807, 2.05) is 25.7 Å². The molecule has 1 heterocycles. The van der Waals surface area contributed by atoms with Crippen LogP contribution in [0.3, 0.4) is 0 Å². The van der Waals surface area contributed by atoms with Crippen LogP contribution in [0.25, 0.3) is 0 Å². The van der Waals surface area contributed by atoms with Crippen LogP contribution in [0.2, 0.25) is 0 Å². The molecule has 0 aliphatic carbocycles. The Morgan fingerprint density at radius 1 is 1.32 bits per heavy atom. The van der Waals surface area contributed by atoms with Gasteiger partial charge in [0.25, 0.3) is 0 Å². The lowest BCUT2D eigenvalue weighted by atomic mass is 9.85. The Bertz CT molecular complexity index is 328. The third-order valence-corrected chi connectivity index (χ3v) is 3.97. The number of carbonyl (C=O) groups excluding carboxylic acids is 2. The molecule has 0 aromatic carbocycles. The molecule has 1 aliphatic heterocycles. The number of hydrogen-bond acceptors (Lipinski definition) is 3. The van der Waals surface area contributed by atoms with Crippen molar-refractivity contribution >= 4 is 11.8 Å². The molecule has 0 bridgehead atoms. The highest BCUT2D eigenvalue weighted by atomic mass is 16.2. The van der Waals surface area contributed by atoms with Crippen LogP contribution in [-0.4, -0.2) is 42.9 Å². The first-order valence-electron chi connectivity index (χ1n) is 7.00. The Kier molecular flexibility index (Phi) is 5.35. The topological polar surface area (TPSA) is 75.4 Å². The van der Waals surface area contributed by atoms with Crippen molar-refractivity contribution in [3.63, 3.8) is 0 Å². The number of likely N-dealkylation sites (tertiary alicyclic amines) is 1. The smallest absolute Gasteiger partial charge is 0.224 e. The fourth-order valence-corrected chi connectivity index (χ4v) is 2.22.